The molecule has 5 heteroatoms. The number of benzene rings is 1. The molecule has 2 heterocycles. The average Bonchev–Trinajstić information content (AvgIpc) is 2.83. The Morgan fingerprint density at radius 2 is 2.26 bits per heavy atom. The number of fused-ring (bicyclic) bond motifs is 1. The SMILES string of the molecule is Cc1ccsc1C(Cl)c1ccc2c(c1)NC(=O)CO2. The van der Waals surface area contributed by atoms with Gasteiger partial charge in [0.2, 0.25) is 0 Å². The molecule has 1 aromatic heterocycles. The molecule has 98 valence electrons. The van der Waals surface area contributed by atoms with Crippen molar-refractivity contribution in [2.24, 2.45) is 0 Å². The van der Waals surface area contributed by atoms with Crippen LogP contribution in [0.25, 0.3) is 0 Å². The number of hydrogen-bond donors (Lipinski definition) is 1. The number of rotatable bonds is 2. The summed E-state index contributed by atoms with van der Waals surface area (Å²) in [6.45, 7) is 2.12. The normalized spacial score (nSPS) is 15.4. The minimum atomic E-state index is -0.205. The first-order valence-corrected chi connectivity index (χ1v) is 7.21. The molecule has 1 amide bonds. The molecular formula is C14H12ClNO2S. The first-order valence-electron chi connectivity index (χ1n) is 5.90. The van der Waals surface area contributed by atoms with Crippen molar-refractivity contribution in [3.05, 3.63) is 45.6 Å². The molecule has 1 aliphatic heterocycles. The minimum absolute atomic E-state index is 0.0701. The van der Waals surface area contributed by atoms with Crippen LogP contribution in [0.5, 0.6) is 5.75 Å². The van der Waals surface area contributed by atoms with Crippen molar-refractivity contribution >= 4 is 34.5 Å². The summed E-state index contributed by atoms with van der Waals surface area (Å²) in [4.78, 5) is 12.5. The number of amides is 1. The summed E-state index contributed by atoms with van der Waals surface area (Å²) in [6.07, 6.45) is 0. The van der Waals surface area contributed by atoms with E-state index < -0.39 is 0 Å². The van der Waals surface area contributed by atoms with Gasteiger partial charge in [0.05, 0.1) is 11.1 Å². The van der Waals surface area contributed by atoms with Crippen LogP contribution in [0.1, 0.15) is 21.4 Å². The summed E-state index contributed by atoms with van der Waals surface area (Å²) in [6, 6.07) is 7.72. The third-order valence-electron chi connectivity index (χ3n) is 3.06. The van der Waals surface area contributed by atoms with Crippen LogP contribution in [-0.4, -0.2) is 12.5 Å². The second kappa shape index (κ2) is 4.87. The molecule has 1 unspecified atom stereocenters. The van der Waals surface area contributed by atoms with E-state index in [-0.39, 0.29) is 17.9 Å². The summed E-state index contributed by atoms with van der Waals surface area (Å²) < 4.78 is 5.33. The van der Waals surface area contributed by atoms with E-state index in [1.54, 1.807) is 11.3 Å². The molecule has 1 aromatic carbocycles. The molecule has 2 aromatic rings. The molecule has 0 saturated heterocycles. The molecule has 0 bridgehead atoms. The molecule has 0 fully saturated rings. The first-order chi connectivity index (χ1) is 9.15. The van der Waals surface area contributed by atoms with E-state index in [1.165, 1.54) is 5.56 Å². The lowest BCUT2D eigenvalue weighted by Crippen LogP contribution is -2.25. The summed E-state index contributed by atoms with van der Waals surface area (Å²) >= 11 is 8.15. The van der Waals surface area contributed by atoms with E-state index in [2.05, 4.69) is 11.4 Å². The van der Waals surface area contributed by atoms with Crippen molar-refractivity contribution in [2.45, 2.75) is 12.3 Å². The number of nitrogens with one attached hydrogen (secondary N) is 1. The Labute approximate surface area is 120 Å². The molecule has 0 aliphatic carbocycles. The molecule has 1 N–H and O–H groups in total. The largest absolute Gasteiger partial charge is 0.482 e. The van der Waals surface area contributed by atoms with E-state index in [4.69, 9.17) is 16.3 Å². The Morgan fingerprint density at radius 1 is 1.42 bits per heavy atom. The smallest absolute Gasteiger partial charge is 0.262 e. The lowest BCUT2D eigenvalue weighted by molar-refractivity contribution is -0.118. The quantitative estimate of drug-likeness (QED) is 0.857. The third-order valence-corrected chi connectivity index (χ3v) is 4.74. The summed E-state index contributed by atoms with van der Waals surface area (Å²) in [7, 11) is 0. The highest BCUT2D eigenvalue weighted by Gasteiger charge is 2.20. The molecular weight excluding hydrogens is 282 g/mol. The molecule has 0 saturated carbocycles. The Hall–Kier alpha value is -1.52. The van der Waals surface area contributed by atoms with Gasteiger partial charge in [-0.1, -0.05) is 6.07 Å². The Bertz CT molecular complexity index is 638. The Balaban J connectivity index is 1.96. The number of halogens is 1. The predicted octanol–water partition coefficient (Wildman–Crippen LogP) is 3.72. The zero-order valence-corrected chi connectivity index (χ0v) is 11.8. The van der Waals surface area contributed by atoms with Gasteiger partial charge in [-0.05, 0) is 41.6 Å². The van der Waals surface area contributed by atoms with Gasteiger partial charge in [-0.15, -0.1) is 22.9 Å². The van der Waals surface area contributed by atoms with E-state index in [0.717, 1.165) is 10.4 Å². The molecule has 0 radical (unpaired) electrons. The fourth-order valence-corrected chi connectivity index (χ4v) is 3.44. The van der Waals surface area contributed by atoms with Gasteiger partial charge in [0, 0.05) is 4.88 Å². The van der Waals surface area contributed by atoms with Gasteiger partial charge >= 0.3 is 0 Å². The van der Waals surface area contributed by atoms with Crippen molar-refractivity contribution in [1.82, 2.24) is 0 Å². The van der Waals surface area contributed by atoms with E-state index in [0.29, 0.717) is 11.4 Å². The maximum atomic E-state index is 11.3. The van der Waals surface area contributed by atoms with Gasteiger partial charge < -0.3 is 10.1 Å². The van der Waals surface area contributed by atoms with Crippen LogP contribution in [0.3, 0.4) is 0 Å². The lowest BCUT2D eigenvalue weighted by atomic mass is 10.1. The van der Waals surface area contributed by atoms with Crippen molar-refractivity contribution < 1.29 is 9.53 Å². The number of alkyl halides is 1. The molecule has 19 heavy (non-hydrogen) atoms. The van der Waals surface area contributed by atoms with Crippen LogP contribution in [-0.2, 0) is 4.79 Å². The van der Waals surface area contributed by atoms with Crippen molar-refractivity contribution in [3.63, 3.8) is 0 Å². The first kappa shape index (κ1) is 12.5. The second-order valence-electron chi connectivity index (χ2n) is 4.42. The average molecular weight is 294 g/mol. The number of aryl methyl sites for hydroxylation is 1. The molecule has 1 aliphatic rings. The van der Waals surface area contributed by atoms with Crippen LogP contribution < -0.4 is 10.1 Å². The standard InChI is InChI=1S/C14H12ClNO2S/c1-8-4-5-19-14(8)13(15)9-2-3-11-10(6-9)16-12(17)7-18-11/h2-6,13H,7H2,1H3,(H,16,17). The van der Waals surface area contributed by atoms with E-state index >= 15 is 0 Å². The lowest BCUT2D eigenvalue weighted by Gasteiger charge is -2.19. The van der Waals surface area contributed by atoms with E-state index in [9.17, 15) is 4.79 Å². The summed E-state index contributed by atoms with van der Waals surface area (Å²) in [5, 5.41) is 4.62. The molecule has 1 atom stereocenters. The monoisotopic (exact) mass is 293 g/mol. The number of thiophene rings is 1. The molecule has 0 spiro atoms. The predicted molar refractivity (Wildman–Crippen MR) is 77.3 cm³/mol. The van der Waals surface area contributed by atoms with Crippen LogP contribution in [0, 0.1) is 6.92 Å². The number of carbonyl (C=O) groups excluding carboxylic acids is 1. The van der Waals surface area contributed by atoms with Crippen LogP contribution >= 0.6 is 22.9 Å². The topological polar surface area (TPSA) is 38.3 Å². The Morgan fingerprint density at radius 3 is 3.00 bits per heavy atom. The highest BCUT2D eigenvalue weighted by Crippen LogP contribution is 2.38. The van der Waals surface area contributed by atoms with Gasteiger partial charge in [0.1, 0.15) is 5.75 Å². The number of carbonyl (C=O) groups is 1. The summed E-state index contributed by atoms with van der Waals surface area (Å²) in [5.74, 6) is 0.554. The van der Waals surface area contributed by atoms with Gasteiger partial charge in [0.25, 0.3) is 5.91 Å². The van der Waals surface area contributed by atoms with Crippen molar-refractivity contribution in [2.75, 3.05) is 11.9 Å². The van der Waals surface area contributed by atoms with Crippen LogP contribution in [0.15, 0.2) is 29.6 Å². The summed E-state index contributed by atoms with van der Waals surface area (Å²) in [5.41, 5.74) is 2.83. The number of hydrogen-bond acceptors (Lipinski definition) is 3. The van der Waals surface area contributed by atoms with Crippen LogP contribution in [0.2, 0.25) is 0 Å². The van der Waals surface area contributed by atoms with Gasteiger partial charge in [-0.3, -0.25) is 4.79 Å². The van der Waals surface area contributed by atoms with Crippen molar-refractivity contribution in [3.8, 4) is 5.75 Å². The van der Waals surface area contributed by atoms with Gasteiger partial charge in [-0.25, -0.2) is 0 Å². The second-order valence-corrected chi connectivity index (χ2v) is 5.81. The number of ether oxygens (including phenoxy) is 1. The van der Waals surface area contributed by atoms with Crippen LogP contribution in [0.4, 0.5) is 5.69 Å². The fraction of sp³-hybridized carbons (Fsp3) is 0.214. The maximum absolute atomic E-state index is 11.3. The molecule has 3 rings (SSSR count). The van der Waals surface area contributed by atoms with Crippen molar-refractivity contribution in [1.29, 1.82) is 0 Å². The van der Waals surface area contributed by atoms with Gasteiger partial charge in [-0.2, -0.15) is 0 Å². The highest BCUT2D eigenvalue weighted by molar-refractivity contribution is 7.10. The minimum Gasteiger partial charge on any atom is -0.482 e. The Kier molecular flexibility index (Phi) is 3.21. The number of anilines is 1. The maximum Gasteiger partial charge on any atom is 0.262 e. The highest BCUT2D eigenvalue weighted by atomic mass is 35.5. The van der Waals surface area contributed by atoms with Gasteiger partial charge in [0.15, 0.2) is 6.61 Å². The molecule has 3 nitrogen and oxygen atoms in total. The zero-order valence-electron chi connectivity index (χ0n) is 10.3. The third kappa shape index (κ3) is 2.33. The fourth-order valence-electron chi connectivity index (χ4n) is 2.05. The van der Waals surface area contributed by atoms with E-state index in [1.807, 2.05) is 30.5 Å². The zero-order chi connectivity index (χ0) is 13.4.